The molecule has 0 bridgehead atoms. The van der Waals surface area contributed by atoms with Crippen LogP contribution in [0.3, 0.4) is 0 Å². The monoisotopic (exact) mass is 342 g/mol. The molecule has 3 nitrogen and oxygen atoms in total. The number of para-hydroxylation sites is 1. The van der Waals surface area contributed by atoms with E-state index in [1.165, 1.54) is 24.3 Å². The number of anilines is 1. The molecular weight excluding hydrogens is 329 g/mol. The highest BCUT2D eigenvalue weighted by Gasteiger charge is 2.30. The van der Waals surface area contributed by atoms with E-state index >= 15 is 0 Å². The quantitative estimate of drug-likeness (QED) is 0.688. The number of nitrogens with zero attached hydrogens (tertiary/aromatic N) is 1. The van der Waals surface area contributed by atoms with E-state index in [2.05, 4.69) is 10.3 Å². The van der Waals surface area contributed by atoms with Crippen LogP contribution in [0.15, 0.2) is 66.9 Å². The zero-order valence-electron chi connectivity index (χ0n) is 12.9. The summed E-state index contributed by atoms with van der Waals surface area (Å²) in [5.41, 5.74) is 0.719. The molecule has 0 saturated heterocycles. The average Bonchev–Trinajstić information content (AvgIpc) is 2.60. The second-order valence-electron chi connectivity index (χ2n) is 5.33. The Kier molecular flexibility index (Phi) is 4.52. The van der Waals surface area contributed by atoms with Crippen LogP contribution in [0.1, 0.15) is 11.1 Å². The lowest BCUT2D eigenvalue weighted by molar-refractivity contribution is -0.137. The van der Waals surface area contributed by atoms with Gasteiger partial charge < -0.3 is 5.32 Å². The van der Waals surface area contributed by atoms with Crippen LogP contribution in [0, 0.1) is 0 Å². The number of hydrogen-bond acceptors (Lipinski definition) is 2. The second kappa shape index (κ2) is 6.76. The number of carbonyl (C=O) groups excluding carboxylic acids is 1. The number of benzene rings is 2. The molecule has 0 unspecified atom stereocenters. The molecule has 0 spiro atoms. The van der Waals surface area contributed by atoms with Crippen molar-refractivity contribution in [3.63, 3.8) is 0 Å². The Balaban J connectivity index is 1.77. The Bertz CT molecular complexity index is 943. The molecule has 2 aromatic carbocycles. The molecule has 3 rings (SSSR count). The Morgan fingerprint density at radius 1 is 1.04 bits per heavy atom. The summed E-state index contributed by atoms with van der Waals surface area (Å²) >= 11 is 0. The number of pyridine rings is 1. The normalized spacial score (nSPS) is 11.8. The van der Waals surface area contributed by atoms with Gasteiger partial charge in [-0.3, -0.25) is 9.78 Å². The molecule has 126 valence electrons. The smallest absolute Gasteiger partial charge is 0.321 e. The van der Waals surface area contributed by atoms with Gasteiger partial charge in [-0.25, -0.2) is 0 Å². The van der Waals surface area contributed by atoms with E-state index in [0.717, 1.165) is 17.5 Å². The van der Waals surface area contributed by atoms with Crippen LogP contribution in [0.2, 0.25) is 0 Å². The van der Waals surface area contributed by atoms with Gasteiger partial charge in [0.15, 0.2) is 0 Å². The lowest BCUT2D eigenvalue weighted by Gasteiger charge is -2.07. The van der Waals surface area contributed by atoms with Crippen molar-refractivity contribution in [1.82, 2.24) is 4.98 Å². The Morgan fingerprint density at radius 2 is 1.80 bits per heavy atom. The number of rotatable bonds is 3. The van der Waals surface area contributed by atoms with Crippen molar-refractivity contribution in [2.45, 2.75) is 6.18 Å². The molecule has 0 aliphatic rings. The summed E-state index contributed by atoms with van der Waals surface area (Å²) in [7, 11) is 0. The first-order valence-electron chi connectivity index (χ1n) is 7.43. The van der Waals surface area contributed by atoms with Crippen molar-refractivity contribution in [3.8, 4) is 0 Å². The third-order valence-corrected chi connectivity index (χ3v) is 3.53. The second-order valence-corrected chi connectivity index (χ2v) is 5.33. The maximum Gasteiger partial charge on any atom is 0.416 e. The number of carbonyl (C=O) groups is 1. The van der Waals surface area contributed by atoms with Crippen molar-refractivity contribution in [2.75, 3.05) is 5.32 Å². The summed E-state index contributed by atoms with van der Waals surface area (Å²) in [4.78, 5) is 16.3. The fourth-order valence-corrected chi connectivity index (χ4v) is 2.37. The van der Waals surface area contributed by atoms with Gasteiger partial charge in [-0.05, 0) is 35.9 Å². The topological polar surface area (TPSA) is 42.0 Å². The molecular formula is C19H13F3N2O. The van der Waals surface area contributed by atoms with Gasteiger partial charge in [0.25, 0.3) is 0 Å². The summed E-state index contributed by atoms with van der Waals surface area (Å²) in [6.07, 6.45) is -0.266. The summed E-state index contributed by atoms with van der Waals surface area (Å²) < 4.78 is 38.1. The van der Waals surface area contributed by atoms with Crippen LogP contribution in [0.4, 0.5) is 18.9 Å². The molecule has 6 heteroatoms. The fourth-order valence-electron chi connectivity index (χ4n) is 2.37. The zero-order chi connectivity index (χ0) is 17.9. The lowest BCUT2D eigenvalue weighted by atomic mass is 10.1. The SMILES string of the molecule is O=C(/C=C/c1cccc(C(F)(F)F)c1)Nc1cccc2cccnc12. The van der Waals surface area contributed by atoms with E-state index in [0.29, 0.717) is 16.8 Å². The summed E-state index contributed by atoms with van der Waals surface area (Å²) in [6, 6.07) is 13.8. The molecule has 0 aliphatic carbocycles. The number of amides is 1. The Labute approximate surface area is 141 Å². The van der Waals surface area contributed by atoms with Gasteiger partial charge in [-0.15, -0.1) is 0 Å². The highest BCUT2D eigenvalue weighted by Crippen LogP contribution is 2.29. The van der Waals surface area contributed by atoms with Gasteiger partial charge in [-0.2, -0.15) is 13.2 Å². The minimum atomic E-state index is -4.42. The average molecular weight is 342 g/mol. The van der Waals surface area contributed by atoms with Gasteiger partial charge in [0.1, 0.15) is 0 Å². The minimum absolute atomic E-state index is 0.293. The fraction of sp³-hybridized carbons (Fsp3) is 0.0526. The molecule has 25 heavy (non-hydrogen) atoms. The van der Waals surface area contributed by atoms with E-state index < -0.39 is 17.6 Å². The van der Waals surface area contributed by atoms with Crippen LogP contribution in [0.25, 0.3) is 17.0 Å². The first-order valence-corrected chi connectivity index (χ1v) is 7.43. The van der Waals surface area contributed by atoms with Gasteiger partial charge in [0.2, 0.25) is 5.91 Å². The van der Waals surface area contributed by atoms with Crippen LogP contribution >= 0.6 is 0 Å². The van der Waals surface area contributed by atoms with Crippen LogP contribution in [-0.2, 0) is 11.0 Å². The molecule has 1 aromatic heterocycles. The number of alkyl halides is 3. The number of aromatic nitrogens is 1. The van der Waals surface area contributed by atoms with E-state index in [-0.39, 0.29) is 0 Å². The zero-order valence-corrected chi connectivity index (χ0v) is 12.9. The molecule has 0 radical (unpaired) electrons. The molecule has 0 aliphatic heterocycles. The predicted octanol–water partition coefficient (Wildman–Crippen LogP) is 4.91. The van der Waals surface area contributed by atoms with E-state index in [1.807, 2.05) is 12.1 Å². The van der Waals surface area contributed by atoms with Crippen LogP contribution in [0.5, 0.6) is 0 Å². The van der Waals surface area contributed by atoms with Gasteiger partial charge in [0, 0.05) is 17.7 Å². The first-order chi connectivity index (χ1) is 11.9. The highest BCUT2D eigenvalue weighted by atomic mass is 19.4. The van der Waals surface area contributed by atoms with Crippen LogP contribution in [-0.4, -0.2) is 10.9 Å². The third kappa shape index (κ3) is 4.03. The standard InChI is InChI=1S/C19H13F3N2O/c20-19(21,22)15-7-1-4-13(12-15)9-10-17(25)24-16-8-2-5-14-6-3-11-23-18(14)16/h1-12H,(H,24,25)/b10-9+. The van der Waals surface area contributed by atoms with Gasteiger partial charge in [0.05, 0.1) is 16.8 Å². The molecule has 1 N–H and O–H groups in total. The number of fused-ring (bicyclic) bond motifs is 1. The lowest BCUT2D eigenvalue weighted by Crippen LogP contribution is -2.08. The summed E-state index contributed by atoms with van der Waals surface area (Å²) in [5, 5.41) is 3.57. The largest absolute Gasteiger partial charge is 0.416 e. The van der Waals surface area contributed by atoms with Crippen molar-refractivity contribution in [3.05, 3.63) is 78.0 Å². The minimum Gasteiger partial charge on any atom is -0.321 e. The maximum atomic E-state index is 12.7. The van der Waals surface area contributed by atoms with Gasteiger partial charge in [-0.1, -0.05) is 30.3 Å². The predicted molar refractivity (Wildman–Crippen MR) is 90.9 cm³/mol. The van der Waals surface area contributed by atoms with Crippen molar-refractivity contribution >= 4 is 28.6 Å². The number of halogens is 3. The molecule has 1 heterocycles. The molecule has 0 atom stereocenters. The van der Waals surface area contributed by atoms with E-state index in [1.54, 1.807) is 24.4 Å². The maximum absolute atomic E-state index is 12.7. The van der Waals surface area contributed by atoms with Crippen molar-refractivity contribution in [1.29, 1.82) is 0 Å². The van der Waals surface area contributed by atoms with Crippen molar-refractivity contribution in [2.24, 2.45) is 0 Å². The van der Waals surface area contributed by atoms with E-state index in [4.69, 9.17) is 0 Å². The summed E-state index contributed by atoms with van der Waals surface area (Å²) in [5.74, 6) is -0.449. The Hall–Kier alpha value is -3.15. The molecule has 0 saturated carbocycles. The van der Waals surface area contributed by atoms with Crippen molar-refractivity contribution < 1.29 is 18.0 Å². The first kappa shape index (κ1) is 16.7. The molecule has 3 aromatic rings. The Morgan fingerprint density at radius 3 is 2.60 bits per heavy atom. The third-order valence-electron chi connectivity index (χ3n) is 3.53. The molecule has 0 fully saturated rings. The van der Waals surface area contributed by atoms with E-state index in [9.17, 15) is 18.0 Å². The van der Waals surface area contributed by atoms with Gasteiger partial charge >= 0.3 is 6.18 Å². The summed E-state index contributed by atoms with van der Waals surface area (Å²) in [6.45, 7) is 0. The van der Waals surface area contributed by atoms with Crippen LogP contribution < -0.4 is 5.32 Å². The number of hydrogen-bond donors (Lipinski definition) is 1. The number of nitrogens with one attached hydrogen (secondary N) is 1. The molecule has 1 amide bonds. The highest BCUT2D eigenvalue weighted by molar-refractivity contribution is 6.06.